The molecular formula is C23H39N5O. The summed E-state index contributed by atoms with van der Waals surface area (Å²) in [5, 5.41) is 9.24. The first-order valence-electron chi connectivity index (χ1n) is 10.9. The predicted octanol–water partition coefficient (Wildman–Crippen LogP) is 3.03. The van der Waals surface area contributed by atoms with Crippen LogP contribution in [0, 0.1) is 0 Å². The minimum Gasteiger partial charge on any atom is -0.357 e. The van der Waals surface area contributed by atoms with Crippen LogP contribution in [0.3, 0.4) is 0 Å². The van der Waals surface area contributed by atoms with Gasteiger partial charge in [0, 0.05) is 24.7 Å². The number of benzene rings is 1. The Morgan fingerprint density at radius 2 is 1.83 bits per heavy atom. The van der Waals surface area contributed by atoms with E-state index in [2.05, 4.69) is 57.0 Å². The fourth-order valence-corrected chi connectivity index (χ4v) is 3.52. The summed E-state index contributed by atoms with van der Waals surface area (Å²) >= 11 is 0. The van der Waals surface area contributed by atoms with Gasteiger partial charge in [0.05, 0.1) is 13.1 Å². The van der Waals surface area contributed by atoms with Crippen LogP contribution in [0.4, 0.5) is 0 Å². The molecule has 1 aromatic carbocycles. The van der Waals surface area contributed by atoms with E-state index in [9.17, 15) is 4.79 Å². The summed E-state index contributed by atoms with van der Waals surface area (Å²) in [5.74, 6) is 0.613. The molecule has 162 valence electrons. The molecule has 0 spiro atoms. The minimum atomic E-state index is -0.234. The van der Waals surface area contributed by atoms with Crippen LogP contribution in [-0.4, -0.2) is 48.0 Å². The van der Waals surface area contributed by atoms with Gasteiger partial charge in [-0.05, 0) is 65.1 Å². The van der Waals surface area contributed by atoms with E-state index in [1.165, 1.54) is 31.4 Å². The van der Waals surface area contributed by atoms with E-state index in [-0.39, 0.29) is 18.0 Å². The van der Waals surface area contributed by atoms with Gasteiger partial charge >= 0.3 is 0 Å². The van der Waals surface area contributed by atoms with Crippen molar-refractivity contribution in [2.75, 3.05) is 19.6 Å². The molecule has 0 bridgehead atoms. The summed E-state index contributed by atoms with van der Waals surface area (Å²) in [7, 11) is 0. The Morgan fingerprint density at radius 1 is 1.14 bits per heavy atom. The Balaban J connectivity index is 1.87. The molecule has 0 aromatic heterocycles. The highest BCUT2D eigenvalue weighted by molar-refractivity contribution is 5.86. The fraction of sp³-hybridized carbons (Fsp3) is 0.652. The van der Waals surface area contributed by atoms with E-state index >= 15 is 0 Å². The number of amides is 1. The summed E-state index contributed by atoms with van der Waals surface area (Å²) in [6, 6.07) is 9.41. The van der Waals surface area contributed by atoms with Crippen molar-refractivity contribution in [3.63, 3.8) is 0 Å². The molecule has 0 aliphatic carbocycles. The van der Waals surface area contributed by atoms with Crippen molar-refractivity contribution < 1.29 is 4.79 Å². The lowest BCUT2D eigenvalue weighted by Gasteiger charge is -2.33. The predicted molar refractivity (Wildman–Crippen MR) is 121 cm³/mol. The number of nitrogens with one attached hydrogen (secondary N) is 3. The van der Waals surface area contributed by atoms with Crippen molar-refractivity contribution in [2.45, 2.75) is 78.6 Å². The van der Waals surface area contributed by atoms with Gasteiger partial charge in [-0.3, -0.25) is 9.69 Å². The van der Waals surface area contributed by atoms with Gasteiger partial charge in [0.15, 0.2) is 5.96 Å². The summed E-state index contributed by atoms with van der Waals surface area (Å²) in [4.78, 5) is 19.2. The second-order valence-electron chi connectivity index (χ2n) is 8.98. The maximum Gasteiger partial charge on any atom is 0.239 e. The van der Waals surface area contributed by atoms with Gasteiger partial charge in [0.2, 0.25) is 5.91 Å². The first-order valence-corrected chi connectivity index (χ1v) is 10.9. The molecule has 1 saturated heterocycles. The van der Waals surface area contributed by atoms with Gasteiger partial charge in [0.1, 0.15) is 0 Å². The summed E-state index contributed by atoms with van der Waals surface area (Å²) in [6.45, 7) is 14.0. The number of aliphatic imine (C=N–C) groups is 1. The summed E-state index contributed by atoms with van der Waals surface area (Å²) in [6.07, 6.45) is 3.97. The molecule has 1 aliphatic heterocycles. The zero-order valence-electron chi connectivity index (χ0n) is 18.8. The average Bonchev–Trinajstić information content (AvgIpc) is 2.65. The lowest BCUT2D eigenvalue weighted by atomic mass is 10.0. The van der Waals surface area contributed by atoms with Crippen molar-refractivity contribution in [3.8, 4) is 0 Å². The monoisotopic (exact) mass is 401 g/mol. The number of hydrogen-bond acceptors (Lipinski definition) is 3. The lowest BCUT2D eigenvalue weighted by molar-refractivity contribution is -0.121. The Morgan fingerprint density at radius 3 is 2.45 bits per heavy atom. The zero-order valence-corrected chi connectivity index (χ0v) is 18.8. The molecule has 1 atom stereocenters. The molecule has 2 rings (SSSR count). The quantitative estimate of drug-likeness (QED) is 0.485. The molecule has 1 amide bonds. The molecule has 0 saturated carbocycles. The first-order chi connectivity index (χ1) is 13.8. The van der Waals surface area contributed by atoms with Crippen molar-refractivity contribution in [3.05, 3.63) is 35.4 Å². The Kier molecular flexibility index (Phi) is 8.96. The van der Waals surface area contributed by atoms with Crippen LogP contribution in [-0.2, 0) is 17.9 Å². The van der Waals surface area contributed by atoms with Crippen molar-refractivity contribution in [1.82, 2.24) is 20.9 Å². The van der Waals surface area contributed by atoms with Crippen LogP contribution in [0.15, 0.2) is 29.3 Å². The maximum absolute atomic E-state index is 12.0. The molecule has 0 radical (unpaired) electrons. The molecule has 6 nitrogen and oxygen atoms in total. The molecule has 29 heavy (non-hydrogen) atoms. The Bertz CT molecular complexity index is 663. The lowest BCUT2D eigenvalue weighted by Crippen LogP contribution is -2.48. The van der Waals surface area contributed by atoms with Gasteiger partial charge in [-0.25, -0.2) is 4.99 Å². The number of rotatable bonds is 7. The van der Waals surface area contributed by atoms with Crippen LogP contribution in [0.1, 0.15) is 65.0 Å². The van der Waals surface area contributed by atoms with E-state index in [1.54, 1.807) is 0 Å². The van der Waals surface area contributed by atoms with E-state index in [0.717, 1.165) is 18.7 Å². The van der Waals surface area contributed by atoms with Gasteiger partial charge < -0.3 is 16.0 Å². The fourth-order valence-electron chi connectivity index (χ4n) is 3.52. The normalized spacial score (nSPS) is 18.4. The SMILES string of the molecule is CCNC(=NCc1ccc(CN2CCCCC2C)cc1)NCC(=O)NC(C)(C)C. The van der Waals surface area contributed by atoms with Crippen LogP contribution in [0.25, 0.3) is 0 Å². The number of nitrogens with zero attached hydrogens (tertiary/aromatic N) is 2. The first kappa shape index (κ1) is 23.2. The number of guanidine groups is 1. The third kappa shape index (κ3) is 8.86. The smallest absolute Gasteiger partial charge is 0.239 e. The molecule has 1 unspecified atom stereocenters. The van der Waals surface area contributed by atoms with Crippen molar-refractivity contribution in [1.29, 1.82) is 0 Å². The van der Waals surface area contributed by atoms with Crippen molar-refractivity contribution in [2.24, 2.45) is 4.99 Å². The van der Waals surface area contributed by atoms with E-state index in [0.29, 0.717) is 18.5 Å². The molecule has 1 fully saturated rings. The zero-order chi connectivity index (χ0) is 21.3. The number of piperidine rings is 1. The third-order valence-corrected chi connectivity index (χ3v) is 5.04. The molecule has 1 aliphatic rings. The minimum absolute atomic E-state index is 0.0422. The standard InChI is InChI=1S/C23H39N5O/c1-6-24-22(26-16-21(29)27-23(3,4)5)25-15-19-10-12-20(13-11-19)17-28-14-8-7-9-18(28)2/h10-13,18H,6-9,14-17H2,1-5H3,(H,27,29)(H2,24,25,26). The number of carbonyl (C=O) groups is 1. The summed E-state index contributed by atoms with van der Waals surface area (Å²) in [5.41, 5.74) is 2.29. The van der Waals surface area contributed by atoms with E-state index in [1.807, 2.05) is 27.7 Å². The van der Waals surface area contributed by atoms with Crippen LogP contribution in [0.2, 0.25) is 0 Å². The molecule has 3 N–H and O–H groups in total. The molecule has 6 heteroatoms. The number of likely N-dealkylation sites (tertiary alicyclic amines) is 1. The van der Waals surface area contributed by atoms with Gasteiger partial charge in [-0.2, -0.15) is 0 Å². The Labute approximate surface area is 176 Å². The van der Waals surface area contributed by atoms with Gasteiger partial charge in [0.25, 0.3) is 0 Å². The molecule has 1 aromatic rings. The second kappa shape index (κ2) is 11.2. The highest BCUT2D eigenvalue weighted by atomic mass is 16.2. The number of carbonyl (C=O) groups excluding carboxylic acids is 1. The van der Waals surface area contributed by atoms with Crippen LogP contribution >= 0.6 is 0 Å². The molecular weight excluding hydrogens is 362 g/mol. The second-order valence-corrected chi connectivity index (χ2v) is 8.98. The Hall–Kier alpha value is -2.08. The van der Waals surface area contributed by atoms with Crippen molar-refractivity contribution >= 4 is 11.9 Å². The molecule has 1 heterocycles. The van der Waals surface area contributed by atoms with Gasteiger partial charge in [-0.1, -0.05) is 30.7 Å². The highest BCUT2D eigenvalue weighted by Gasteiger charge is 2.18. The van der Waals surface area contributed by atoms with E-state index < -0.39 is 0 Å². The van der Waals surface area contributed by atoms with Crippen LogP contribution in [0.5, 0.6) is 0 Å². The topological polar surface area (TPSA) is 68.8 Å². The third-order valence-electron chi connectivity index (χ3n) is 5.04. The van der Waals surface area contributed by atoms with Crippen LogP contribution < -0.4 is 16.0 Å². The maximum atomic E-state index is 12.0. The number of hydrogen-bond donors (Lipinski definition) is 3. The summed E-state index contributed by atoms with van der Waals surface area (Å²) < 4.78 is 0. The van der Waals surface area contributed by atoms with Gasteiger partial charge in [-0.15, -0.1) is 0 Å². The van der Waals surface area contributed by atoms with E-state index in [4.69, 9.17) is 0 Å². The average molecular weight is 402 g/mol. The largest absolute Gasteiger partial charge is 0.357 e. The highest BCUT2D eigenvalue weighted by Crippen LogP contribution is 2.19.